The molecule has 1 rings (SSSR count). The second kappa shape index (κ2) is 4.62. The lowest BCUT2D eigenvalue weighted by molar-refractivity contribution is 0.965. The summed E-state index contributed by atoms with van der Waals surface area (Å²) in [6.07, 6.45) is 1.000. The third kappa shape index (κ3) is 3.12. The van der Waals surface area contributed by atoms with Crippen molar-refractivity contribution < 1.29 is 0 Å². The van der Waals surface area contributed by atoms with Gasteiger partial charge in [-0.2, -0.15) is 0 Å². The molecule has 0 radical (unpaired) electrons. The van der Waals surface area contributed by atoms with E-state index in [0.29, 0.717) is 5.88 Å². The molecule has 1 aromatic heterocycles. The molecule has 1 N–H and O–H groups in total. The van der Waals surface area contributed by atoms with Crippen LogP contribution in [0.25, 0.3) is 0 Å². The normalized spacial score (nSPS) is 10.4. The van der Waals surface area contributed by atoms with Gasteiger partial charge in [0, 0.05) is 11.6 Å². The zero-order valence-electron chi connectivity index (χ0n) is 6.30. The van der Waals surface area contributed by atoms with Gasteiger partial charge in [0.25, 0.3) is 0 Å². The molecule has 0 saturated carbocycles. The fraction of sp³-hybridized carbons (Fsp3) is 0.667. The fourth-order valence-electron chi connectivity index (χ4n) is 0.605. The van der Waals surface area contributed by atoms with E-state index >= 15 is 0 Å². The van der Waals surface area contributed by atoms with Crippen molar-refractivity contribution >= 4 is 23.4 Å². The summed E-state index contributed by atoms with van der Waals surface area (Å²) in [5.41, 5.74) is 0. The molecule has 0 fully saturated rings. The Hall–Kier alpha value is -0.220. The molecule has 1 heterocycles. The van der Waals surface area contributed by atoms with Gasteiger partial charge in [0.2, 0.25) is 5.16 Å². The van der Waals surface area contributed by atoms with Crippen LogP contribution in [-0.2, 0) is 0 Å². The second-order valence-corrected chi connectivity index (χ2v) is 3.53. The molecule has 62 valence electrons. The van der Waals surface area contributed by atoms with Crippen LogP contribution in [0.2, 0.25) is 0 Å². The Morgan fingerprint density at radius 2 is 2.45 bits per heavy atom. The van der Waals surface area contributed by atoms with Crippen LogP contribution in [0, 0.1) is 6.92 Å². The van der Waals surface area contributed by atoms with Crippen LogP contribution >= 0.6 is 23.4 Å². The Balaban J connectivity index is 2.27. The third-order valence-electron chi connectivity index (χ3n) is 1.09. The summed E-state index contributed by atoms with van der Waals surface area (Å²) in [5, 5.41) is 7.56. The third-order valence-corrected chi connectivity index (χ3v) is 2.29. The highest BCUT2D eigenvalue weighted by Crippen LogP contribution is 2.12. The Labute approximate surface area is 74.9 Å². The predicted octanol–water partition coefficient (Wildman–Crippen LogP) is 1.83. The number of hydrogen-bond donors (Lipinski definition) is 1. The number of aromatic nitrogens is 3. The predicted molar refractivity (Wildman–Crippen MR) is 47.2 cm³/mol. The molecule has 0 atom stereocenters. The molecule has 11 heavy (non-hydrogen) atoms. The quantitative estimate of drug-likeness (QED) is 0.449. The van der Waals surface area contributed by atoms with Crippen molar-refractivity contribution in [2.45, 2.75) is 18.5 Å². The fourth-order valence-corrected chi connectivity index (χ4v) is 1.68. The summed E-state index contributed by atoms with van der Waals surface area (Å²) < 4.78 is 0. The van der Waals surface area contributed by atoms with Gasteiger partial charge < -0.3 is 0 Å². The smallest absolute Gasteiger partial charge is 0.208 e. The molecule has 0 saturated heterocycles. The van der Waals surface area contributed by atoms with Gasteiger partial charge in [-0.3, -0.25) is 5.10 Å². The molecule has 0 aromatic carbocycles. The van der Waals surface area contributed by atoms with E-state index in [1.165, 1.54) is 0 Å². The van der Waals surface area contributed by atoms with Gasteiger partial charge in [0.15, 0.2) is 0 Å². The summed E-state index contributed by atoms with van der Waals surface area (Å²) in [6.45, 7) is 1.89. The maximum Gasteiger partial charge on any atom is 0.208 e. The van der Waals surface area contributed by atoms with Gasteiger partial charge in [0.1, 0.15) is 5.82 Å². The summed E-state index contributed by atoms with van der Waals surface area (Å²) in [5.74, 6) is 2.55. The lowest BCUT2D eigenvalue weighted by Crippen LogP contribution is -1.82. The van der Waals surface area contributed by atoms with E-state index in [-0.39, 0.29) is 0 Å². The molecule has 3 nitrogen and oxygen atoms in total. The number of halogens is 1. The highest BCUT2D eigenvalue weighted by Gasteiger charge is 1.98. The molecule has 0 spiro atoms. The van der Waals surface area contributed by atoms with E-state index in [9.17, 15) is 0 Å². The Morgan fingerprint density at radius 1 is 1.64 bits per heavy atom. The van der Waals surface area contributed by atoms with Crippen LogP contribution < -0.4 is 0 Å². The summed E-state index contributed by atoms with van der Waals surface area (Å²) in [7, 11) is 0. The highest BCUT2D eigenvalue weighted by molar-refractivity contribution is 7.99. The Kier molecular flexibility index (Phi) is 3.72. The summed E-state index contributed by atoms with van der Waals surface area (Å²) >= 11 is 7.14. The zero-order chi connectivity index (χ0) is 8.10. The molecule has 0 bridgehead atoms. The van der Waals surface area contributed by atoms with Crippen molar-refractivity contribution in [3.05, 3.63) is 5.82 Å². The number of nitrogens with one attached hydrogen (secondary N) is 1. The second-order valence-electron chi connectivity index (χ2n) is 2.09. The van der Waals surface area contributed by atoms with Crippen molar-refractivity contribution in [3.63, 3.8) is 0 Å². The molecular weight excluding hydrogens is 182 g/mol. The standard InChI is InChI=1S/C6H10ClN3S/c1-5-8-6(10-9-5)11-4-2-3-7/h2-4H2,1H3,(H,8,9,10). The number of alkyl halides is 1. The van der Waals surface area contributed by atoms with E-state index in [2.05, 4.69) is 15.2 Å². The maximum absolute atomic E-state index is 5.51. The number of aromatic amines is 1. The molecular formula is C6H10ClN3S. The molecule has 5 heteroatoms. The minimum absolute atomic E-state index is 0.705. The van der Waals surface area contributed by atoms with Crippen molar-refractivity contribution in [2.24, 2.45) is 0 Å². The first-order chi connectivity index (χ1) is 5.33. The topological polar surface area (TPSA) is 41.6 Å². The first-order valence-electron chi connectivity index (χ1n) is 3.40. The van der Waals surface area contributed by atoms with E-state index in [4.69, 9.17) is 11.6 Å². The molecule has 0 aliphatic carbocycles. The van der Waals surface area contributed by atoms with Crippen LogP contribution in [0.15, 0.2) is 5.16 Å². The highest BCUT2D eigenvalue weighted by atomic mass is 35.5. The van der Waals surface area contributed by atoms with Crippen LogP contribution in [0.1, 0.15) is 12.2 Å². The molecule has 0 amide bonds. The maximum atomic E-state index is 5.51. The number of nitrogens with zero attached hydrogens (tertiary/aromatic N) is 2. The number of aryl methyl sites for hydroxylation is 1. The van der Waals surface area contributed by atoms with Crippen molar-refractivity contribution in [1.29, 1.82) is 0 Å². The van der Waals surface area contributed by atoms with E-state index in [1.807, 2.05) is 6.92 Å². The van der Waals surface area contributed by atoms with Crippen LogP contribution in [-0.4, -0.2) is 26.8 Å². The van der Waals surface area contributed by atoms with E-state index < -0.39 is 0 Å². The van der Waals surface area contributed by atoms with Gasteiger partial charge in [-0.15, -0.1) is 16.7 Å². The number of thioether (sulfide) groups is 1. The van der Waals surface area contributed by atoms with Crippen molar-refractivity contribution in [2.75, 3.05) is 11.6 Å². The van der Waals surface area contributed by atoms with Crippen LogP contribution in [0.4, 0.5) is 0 Å². The van der Waals surface area contributed by atoms with Gasteiger partial charge >= 0.3 is 0 Å². The van der Waals surface area contributed by atoms with Crippen molar-refractivity contribution in [3.8, 4) is 0 Å². The minimum Gasteiger partial charge on any atom is -0.262 e. The Morgan fingerprint density at radius 3 is 3.00 bits per heavy atom. The van der Waals surface area contributed by atoms with Crippen LogP contribution in [0.3, 0.4) is 0 Å². The van der Waals surface area contributed by atoms with Crippen LogP contribution in [0.5, 0.6) is 0 Å². The largest absolute Gasteiger partial charge is 0.262 e. The number of hydrogen-bond acceptors (Lipinski definition) is 3. The lowest BCUT2D eigenvalue weighted by atomic mass is 10.6. The number of H-pyrrole nitrogens is 1. The first kappa shape index (κ1) is 8.87. The van der Waals surface area contributed by atoms with E-state index in [0.717, 1.165) is 23.2 Å². The number of rotatable bonds is 4. The first-order valence-corrected chi connectivity index (χ1v) is 4.92. The molecule has 0 unspecified atom stereocenters. The summed E-state index contributed by atoms with van der Waals surface area (Å²) in [4.78, 5) is 4.14. The lowest BCUT2D eigenvalue weighted by Gasteiger charge is -1.90. The SMILES string of the molecule is Cc1nc(SCCCCl)n[nH]1. The average molecular weight is 192 g/mol. The summed E-state index contributed by atoms with van der Waals surface area (Å²) in [6, 6.07) is 0. The monoisotopic (exact) mass is 191 g/mol. The van der Waals surface area contributed by atoms with E-state index in [1.54, 1.807) is 11.8 Å². The van der Waals surface area contributed by atoms with Gasteiger partial charge in [0.05, 0.1) is 0 Å². The molecule has 0 aliphatic heterocycles. The molecule has 0 aliphatic rings. The van der Waals surface area contributed by atoms with Gasteiger partial charge in [-0.25, -0.2) is 4.98 Å². The van der Waals surface area contributed by atoms with Gasteiger partial charge in [-0.1, -0.05) is 11.8 Å². The molecule has 1 aromatic rings. The zero-order valence-corrected chi connectivity index (χ0v) is 7.87. The average Bonchev–Trinajstić information content (AvgIpc) is 2.37. The van der Waals surface area contributed by atoms with Crippen molar-refractivity contribution in [1.82, 2.24) is 15.2 Å². The Bertz CT molecular complexity index is 213. The minimum atomic E-state index is 0.705. The van der Waals surface area contributed by atoms with Gasteiger partial charge in [-0.05, 0) is 13.3 Å².